The number of hydrogen-bond acceptors (Lipinski definition) is 2. The molecule has 1 N–H and O–H groups in total. The highest BCUT2D eigenvalue weighted by atomic mass is 19.4. The molecule has 29 heavy (non-hydrogen) atoms. The van der Waals surface area contributed by atoms with Gasteiger partial charge in [0.1, 0.15) is 11.6 Å². The van der Waals surface area contributed by atoms with Crippen molar-refractivity contribution in [2.24, 2.45) is 0 Å². The van der Waals surface area contributed by atoms with E-state index in [1.165, 1.54) is 0 Å². The van der Waals surface area contributed by atoms with E-state index in [4.69, 9.17) is 0 Å². The maximum atomic E-state index is 13.7. The minimum atomic E-state index is -4.64. The molecule has 0 unspecified atom stereocenters. The van der Waals surface area contributed by atoms with E-state index < -0.39 is 17.6 Å². The lowest BCUT2D eigenvalue weighted by molar-refractivity contribution is -0.137. The summed E-state index contributed by atoms with van der Waals surface area (Å²) < 4.78 is 52.5. The molecule has 146 valence electrons. The zero-order valence-electron chi connectivity index (χ0n) is 15.1. The van der Waals surface area contributed by atoms with Gasteiger partial charge in [-0.05, 0) is 47.9 Å². The van der Waals surface area contributed by atoms with E-state index >= 15 is 0 Å². The fourth-order valence-corrected chi connectivity index (χ4v) is 3.18. The van der Waals surface area contributed by atoms with Crippen LogP contribution in [-0.4, -0.2) is 9.97 Å². The molecule has 0 saturated carbocycles. The summed E-state index contributed by atoms with van der Waals surface area (Å²) in [5.41, 5.74) is 1.22. The van der Waals surface area contributed by atoms with E-state index in [1.807, 2.05) is 13.0 Å². The second-order valence-corrected chi connectivity index (χ2v) is 6.69. The quantitative estimate of drug-likeness (QED) is 0.439. The van der Waals surface area contributed by atoms with E-state index in [2.05, 4.69) is 9.97 Å². The lowest BCUT2D eigenvalue weighted by atomic mass is 10.0. The zero-order chi connectivity index (χ0) is 20.8. The van der Waals surface area contributed by atoms with Gasteiger partial charge in [0.25, 0.3) is 5.56 Å². The highest BCUT2D eigenvalue weighted by Crippen LogP contribution is 2.33. The summed E-state index contributed by atoms with van der Waals surface area (Å²) in [4.78, 5) is 19.6. The van der Waals surface area contributed by atoms with Crippen LogP contribution in [0.15, 0.2) is 65.5 Å². The number of para-hydroxylation sites is 1. The monoisotopic (exact) mass is 398 g/mol. The van der Waals surface area contributed by atoms with E-state index in [0.717, 1.165) is 17.7 Å². The highest BCUT2D eigenvalue weighted by Gasteiger charge is 2.31. The summed E-state index contributed by atoms with van der Waals surface area (Å²) in [5.74, 6) is -0.617. The Kier molecular flexibility index (Phi) is 4.45. The van der Waals surface area contributed by atoms with Crippen LogP contribution in [0.4, 0.5) is 17.6 Å². The number of nitrogens with zero attached hydrogens (tertiary/aromatic N) is 1. The average molecular weight is 398 g/mol. The minimum absolute atomic E-state index is 0.111. The van der Waals surface area contributed by atoms with Gasteiger partial charge in [-0.2, -0.15) is 13.2 Å². The summed E-state index contributed by atoms with van der Waals surface area (Å²) in [5, 5.41) is 0.477. The largest absolute Gasteiger partial charge is 0.416 e. The molecule has 3 aromatic carbocycles. The first-order valence-corrected chi connectivity index (χ1v) is 8.70. The third kappa shape index (κ3) is 3.63. The van der Waals surface area contributed by atoms with Gasteiger partial charge in [0.05, 0.1) is 16.5 Å². The van der Waals surface area contributed by atoms with Crippen LogP contribution in [0.25, 0.3) is 33.4 Å². The van der Waals surface area contributed by atoms with Crippen LogP contribution in [0.2, 0.25) is 0 Å². The Morgan fingerprint density at radius 3 is 2.28 bits per heavy atom. The van der Waals surface area contributed by atoms with Gasteiger partial charge in [-0.15, -0.1) is 0 Å². The molecule has 0 aliphatic carbocycles. The number of nitrogens with one attached hydrogen (secondary N) is 1. The summed E-state index contributed by atoms with van der Waals surface area (Å²) >= 11 is 0. The Morgan fingerprint density at radius 1 is 0.897 bits per heavy atom. The number of halogens is 4. The Bertz CT molecular complexity index is 1270. The SMILES string of the molecule is Cc1cccc2c(=O)[nH]c(-c3ccc(-c4cc(F)cc(C(F)(F)F)c4)cc3)nc12. The number of alkyl halides is 3. The van der Waals surface area contributed by atoms with Crippen LogP contribution < -0.4 is 5.56 Å². The van der Waals surface area contributed by atoms with Crippen LogP contribution >= 0.6 is 0 Å². The molecule has 1 aromatic heterocycles. The molecular formula is C22H14F4N2O. The van der Waals surface area contributed by atoms with Crippen molar-refractivity contribution in [3.05, 3.63) is 88.0 Å². The molecule has 4 rings (SSSR count). The minimum Gasteiger partial charge on any atom is -0.306 e. The van der Waals surface area contributed by atoms with Crippen molar-refractivity contribution in [3.8, 4) is 22.5 Å². The average Bonchev–Trinajstić information content (AvgIpc) is 2.68. The molecule has 0 fully saturated rings. The predicted molar refractivity (Wildman–Crippen MR) is 103 cm³/mol. The van der Waals surface area contributed by atoms with E-state index in [-0.39, 0.29) is 11.1 Å². The van der Waals surface area contributed by atoms with Crippen molar-refractivity contribution in [2.45, 2.75) is 13.1 Å². The van der Waals surface area contributed by atoms with E-state index in [1.54, 1.807) is 36.4 Å². The molecule has 0 amide bonds. The zero-order valence-corrected chi connectivity index (χ0v) is 15.1. The Morgan fingerprint density at radius 2 is 1.59 bits per heavy atom. The Labute approximate surface area is 162 Å². The smallest absolute Gasteiger partial charge is 0.306 e. The van der Waals surface area contributed by atoms with Gasteiger partial charge in [0.15, 0.2) is 0 Å². The van der Waals surface area contributed by atoms with Crippen molar-refractivity contribution in [3.63, 3.8) is 0 Å². The van der Waals surface area contributed by atoms with Crippen molar-refractivity contribution < 1.29 is 17.6 Å². The van der Waals surface area contributed by atoms with Gasteiger partial charge in [-0.3, -0.25) is 4.79 Å². The van der Waals surface area contributed by atoms with Crippen LogP contribution in [0.1, 0.15) is 11.1 Å². The molecular weight excluding hydrogens is 384 g/mol. The third-order valence-corrected chi connectivity index (χ3v) is 4.65. The number of hydrogen-bond donors (Lipinski definition) is 1. The molecule has 3 nitrogen and oxygen atoms in total. The summed E-state index contributed by atoms with van der Waals surface area (Å²) in [6.45, 7) is 1.85. The van der Waals surface area contributed by atoms with Gasteiger partial charge >= 0.3 is 6.18 Å². The molecule has 0 aliphatic heterocycles. The Hall–Kier alpha value is -3.48. The number of rotatable bonds is 2. The lowest BCUT2D eigenvalue weighted by Gasteiger charge is -2.10. The molecule has 7 heteroatoms. The maximum absolute atomic E-state index is 13.7. The number of aryl methyl sites for hydroxylation is 1. The molecule has 0 spiro atoms. The van der Waals surface area contributed by atoms with Crippen molar-refractivity contribution in [1.29, 1.82) is 0 Å². The van der Waals surface area contributed by atoms with Crippen LogP contribution in [0, 0.1) is 12.7 Å². The third-order valence-electron chi connectivity index (χ3n) is 4.65. The number of fused-ring (bicyclic) bond motifs is 1. The molecule has 0 bridgehead atoms. The topological polar surface area (TPSA) is 45.8 Å². The van der Waals surface area contributed by atoms with Gasteiger partial charge in [0.2, 0.25) is 0 Å². The van der Waals surface area contributed by atoms with Crippen LogP contribution in [0.3, 0.4) is 0 Å². The summed E-state index contributed by atoms with van der Waals surface area (Å²) in [6.07, 6.45) is -4.64. The second-order valence-electron chi connectivity index (χ2n) is 6.69. The van der Waals surface area contributed by atoms with Crippen LogP contribution in [0.5, 0.6) is 0 Å². The molecule has 0 atom stereocenters. The first-order valence-electron chi connectivity index (χ1n) is 8.70. The first-order chi connectivity index (χ1) is 13.7. The van der Waals surface area contributed by atoms with Crippen molar-refractivity contribution >= 4 is 10.9 Å². The lowest BCUT2D eigenvalue weighted by Crippen LogP contribution is -2.10. The summed E-state index contributed by atoms with van der Waals surface area (Å²) in [6, 6.07) is 14.1. The van der Waals surface area contributed by atoms with Gasteiger partial charge in [-0.25, -0.2) is 9.37 Å². The van der Waals surface area contributed by atoms with Gasteiger partial charge < -0.3 is 4.98 Å². The highest BCUT2D eigenvalue weighted by molar-refractivity contribution is 5.82. The molecule has 1 heterocycles. The molecule has 0 radical (unpaired) electrons. The number of benzene rings is 3. The maximum Gasteiger partial charge on any atom is 0.416 e. The van der Waals surface area contributed by atoms with E-state index in [9.17, 15) is 22.4 Å². The molecule has 0 aliphatic rings. The first kappa shape index (κ1) is 18.9. The summed E-state index contributed by atoms with van der Waals surface area (Å²) in [7, 11) is 0. The van der Waals surface area contributed by atoms with Crippen LogP contribution in [-0.2, 0) is 6.18 Å². The van der Waals surface area contributed by atoms with Gasteiger partial charge in [-0.1, -0.05) is 36.4 Å². The fourth-order valence-electron chi connectivity index (χ4n) is 3.18. The van der Waals surface area contributed by atoms with Crippen molar-refractivity contribution in [1.82, 2.24) is 9.97 Å². The van der Waals surface area contributed by atoms with Crippen molar-refractivity contribution in [2.75, 3.05) is 0 Å². The second kappa shape index (κ2) is 6.84. The normalized spacial score (nSPS) is 11.8. The predicted octanol–water partition coefficient (Wildman–Crippen LogP) is 5.72. The standard InChI is InChI=1S/C22H14F4N2O/c1-12-3-2-4-18-19(12)27-20(28-21(18)29)14-7-5-13(6-8-14)15-9-16(22(24,25)26)11-17(23)10-15/h2-11H,1H3,(H,27,28,29). The van der Waals surface area contributed by atoms with E-state index in [0.29, 0.717) is 33.9 Å². The number of aromatic amines is 1. The molecule has 0 saturated heterocycles. The number of H-pyrrole nitrogens is 1. The van der Waals surface area contributed by atoms with Gasteiger partial charge in [0, 0.05) is 5.56 Å². The molecule has 4 aromatic rings. The fraction of sp³-hybridized carbons (Fsp3) is 0.0909. The Balaban J connectivity index is 1.76. The number of aromatic nitrogens is 2.